The SMILES string of the molecule is CNCC1CCCCN1C(=O)c1cc(Br)ccc1C. The van der Waals surface area contributed by atoms with Gasteiger partial charge in [-0.1, -0.05) is 22.0 Å². The lowest BCUT2D eigenvalue weighted by molar-refractivity contribution is 0.0614. The fraction of sp³-hybridized carbons (Fsp3) is 0.533. The van der Waals surface area contributed by atoms with Crippen molar-refractivity contribution in [3.63, 3.8) is 0 Å². The summed E-state index contributed by atoms with van der Waals surface area (Å²) in [6.07, 6.45) is 3.42. The van der Waals surface area contributed by atoms with Crippen LogP contribution in [-0.4, -0.2) is 37.0 Å². The molecule has 2 rings (SSSR count). The van der Waals surface area contributed by atoms with E-state index < -0.39 is 0 Å². The number of carbonyl (C=O) groups excluding carboxylic acids is 1. The van der Waals surface area contributed by atoms with Gasteiger partial charge in [-0.15, -0.1) is 0 Å². The molecule has 0 saturated carbocycles. The quantitative estimate of drug-likeness (QED) is 0.927. The maximum atomic E-state index is 12.7. The lowest BCUT2D eigenvalue weighted by Crippen LogP contribution is -2.48. The summed E-state index contributed by atoms with van der Waals surface area (Å²) < 4.78 is 0.962. The van der Waals surface area contributed by atoms with Crippen molar-refractivity contribution in [3.05, 3.63) is 33.8 Å². The molecule has 1 aromatic rings. The number of hydrogen-bond acceptors (Lipinski definition) is 2. The molecule has 1 saturated heterocycles. The molecule has 4 heteroatoms. The zero-order valence-electron chi connectivity index (χ0n) is 11.6. The summed E-state index contributed by atoms with van der Waals surface area (Å²) in [4.78, 5) is 14.8. The minimum atomic E-state index is 0.166. The normalized spacial score (nSPS) is 19.5. The van der Waals surface area contributed by atoms with Gasteiger partial charge in [0, 0.05) is 29.2 Å². The zero-order chi connectivity index (χ0) is 13.8. The van der Waals surface area contributed by atoms with Crippen LogP contribution >= 0.6 is 15.9 Å². The fourth-order valence-corrected chi connectivity index (χ4v) is 3.06. The summed E-state index contributed by atoms with van der Waals surface area (Å²) in [6.45, 7) is 3.74. The summed E-state index contributed by atoms with van der Waals surface area (Å²) in [5.74, 6) is 0.166. The van der Waals surface area contributed by atoms with E-state index in [2.05, 4.69) is 21.2 Å². The van der Waals surface area contributed by atoms with E-state index in [0.717, 1.165) is 41.5 Å². The number of amides is 1. The third kappa shape index (κ3) is 3.37. The van der Waals surface area contributed by atoms with Gasteiger partial charge in [0.2, 0.25) is 0 Å². The number of benzene rings is 1. The fourth-order valence-electron chi connectivity index (χ4n) is 2.70. The van der Waals surface area contributed by atoms with Crippen molar-refractivity contribution < 1.29 is 4.79 Å². The lowest BCUT2D eigenvalue weighted by Gasteiger charge is -2.36. The highest BCUT2D eigenvalue weighted by Gasteiger charge is 2.27. The van der Waals surface area contributed by atoms with Crippen LogP contribution in [0.1, 0.15) is 35.2 Å². The van der Waals surface area contributed by atoms with E-state index in [1.54, 1.807) is 0 Å². The average Bonchev–Trinajstić information content (AvgIpc) is 2.42. The van der Waals surface area contributed by atoms with Gasteiger partial charge in [-0.25, -0.2) is 0 Å². The standard InChI is InChI=1S/C15H21BrN2O/c1-11-6-7-12(16)9-14(11)15(19)18-8-4-3-5-13(18)10-17-2/h6-7,9,13,17H,3-5,8,10H2,1-2H3. The summed E-state index contributed by atoms with van der Waals surface area (Å²) in [7, 11) is 1.95. The Morgan fingerprint density at radius 2 is 2.26 bits per heavy atom. The van der Waals surface area contributed by atoms with E-state index in [-0.39, 0.29) is 5.91 Å². The molecule has 0 spiro atoms. The molecule has 1 amide bonds. The molecule has 1 aliphatic rings. The predicted octanol–water partition coefficient (Wildman–Crippen LogP) is 2.97. The molecule has 0 aliphatic carbocycles. The first-order chi connectivity index (χ1) is 9.13. The predicted molar refractivity (Wildman–Crippen MR) is 81.5 cm³/mol. The minimum absolute atomic E-state index is 0.166. The molecule has 0 aromatic heterocycles. The van der Waals surface area contributed by atoms with Crippen LogP contribution in [0.2, 0.25) is 0 Å². The molecule has 1 heterocycles. The minimum Gasteiger partial charge on any atom is -0.334 e. The largest absolute Gasteiger partial charge is 0.334 e. The van der Waals surface area contributed by atoms with Crippen molar-refractivity contribution in [1.82, 2.24) is 10.2 Å². The van der Waals surface area contributed by atoms with Crippen LogP contribution in [0.3, 0.4) is 0 Å². The van der Waals surface area contributed by atoms with Gasteiger partial charge >= 0.3 is 0 Å². The van der Waals surface area contributed by atoms with Crippen molar-refractivity contribution in [3.8, 4) is 0 Å². The third-order valence-corrected chi connectivity index (χ3v) is 4.25. The molecule has 3 nitrogen and oxygen atoms in total. The van der Waals surface area contributed by atoms with Gasteiger partial charge in [0.25, 0.3) is 5.91 Å². The smallest absolute Gasteiger partial charge is 0.254 e. The third-order valence-electron chi connectivity index (χ3n) is 3.76. The van der Waals surface area contributed by atoms with Crippen molar-refractivity contribution in [2.75, 3.05) is 20.1 Å². The summed E-state index contributed by atoms with van der Waals surface area (Å²) >= 11 is 3.45. The Bertz CT molecular complexity index is 459. The molecule has 1 aromatic carbocycles. The number of rotatable bonds is 3. The van der Waals surface area contributed by atoms with E-state index in [9.17, 15) is 4.79 Å². The Kier molecular flexibility index (Phi) is 4.99. The molecule has 0 radical (unpaired) electrons. The van der Waals surface area contributed by atoms with E-state index in [1.807, 2.05) is 37.1 Å². The monoisotopic (exact) mass is 324 g/mol. The van der Waals surface area contributed by atoms with Crippen molar-refractivity contribution in [2.45, 2.75) is 32.2 Å². The van der Waals surface area contributed by atoms with Crippen LogP contribution in [0.25, 0.3) is 0 Å². The highest BCUT2D eigenvalue weighted by Crippen LogP contribution is 2.23. The van der Waals surface area contributed by atoms with E-state index in [1.165, 1.54) is 6.42 Å². The van der Waals surface area contributed by atoms with Crippen LogP contribution in [0.4, 0.5) is 0 Å². The number of halogens is 1. The molecule has 1 atom stereocenters. The number of likely N-dealkylation sites (tertiary alicyclic amines) is 1. The van der Waals surface area contributed by atoms with Gasteiger partial charge in [-0.3, -0.25) is 4.79 Å². The first-order valence-corrected chi connectivity index (χ1v) is 7.64. The number of hydrogen-bond donors (Lipinski definition) is 1. The highest BCUT2D eigenvalue weighted by atomic mass is 79.9. The number of carbonyl (C=O) groups is 1. The topological polar surface area (TPSA) is 32.3 Å². The molecule has 19 heavy (non-hydrogen) atoms. The number of nitrogens with zero attached hydrogens (tertiary/aromatic N) is 1. The number of aryl methyl sites for hydroxylation is 1. The Morgan fingerprint density at radius 3 is 3.00 bits per heavy atom. The Hall–Kier alpha value is -0.870. The zero-order valence-corrected chi connectivity index (χ0v) is 13.2. The number of piperidine rings is 1. The highest BCUT2D eigenvalue weighted by molar-refractivity contribution is 9.10. The van der Waals surface area contributed by atoms with Gasteiger partial charge in [-0.05, 0) is 50.9 Å². The first kappa shape index (κ1) is 14.5. The van der Waals surface area contributed by atoms with Gasteiger partial charge < -0.3 is 10.2 Å². The first-order valence-electron chi connectivity index (χ1n) is 6.85. The van der Waals surface area contributed by atoms with Crippen LogP contribution in [0.5, 0.6) is 0 Å². The van der Waals surface area contributed by atoms with E-state index >= 15 is 0 Å². The number of likely N-dealkylation sites (N-methyl/N-ethyl adjacent to an activating group) is 1. The molecular formula is C15H21BrN2O. The van der Waals surface area contributed by atoms with Gasteiger partial charge in [0.05, 0.1) is 0 Å². The van der Waals surface area contributed by atoms with Crippen LogP contribution in [0.15, 0.2) is 22.7 Å². The van der Waals surface area contributed by atoms with Crippen molar-refractivity contribution in [1.29, 1.82) is 0 Å². The molecule has 1 unspecified atom stereocenters. The second-order valence-electron chi connectivity index (χ2n) is 5.17. The Morgan fingerprint density at radius 1 is 1.47 bits per heavy atom. The van der Waals surface area contributed by atoms with Crippen molar-refractivity contribution in [2.24, 2.45) is 0 Å². The van der Waals surface area contributed by atoms with Crippen LogP contribution in [-0.2, 0) is 0 Å². The second-order valence-corrected chi connectivity index (χ2v) is 6.08. The molecule has 1 fully saturated rings. The van der Waals surface area contributed by atoms with Crippen LogP contribution in [0, 0.1) is 6.92 Å². The van der Waals surface area contributed by atoms with Gasteiger partial charge in [0.1, 0.15) is 0 Å². The second kappa shape index (κ2) is 6.53. The molecule has 1 aliphatic heterocycles. The average molecular weight is 325 g/mol. The van der Waals surface area contributed by atoms with Crippen LogP contribution < -0.4 is 5.32 Å². The molecular weight excluding hydrogens is 304 g/mol. The van der Waals surface area contributed by atoms with E-state index in [0.29, 0.717) is 6.04 Å². The Labute approximate surface area is 123 Å². The molecule has 1 N–H and O–H groups in total. The van der Waals surface area contributed by atoms with E-state index in [4.69, 9.17) is 0 Å². The number of nitrogens with one attached hydrogen (secondary N) is 1. The lowest BCUT2D eigenvalue weighted by atomic mass is 9.99. The van der Waals surface area contributed by atoms with Gasteiger partial charge in [0.15, 0.2) is 0 Å². The van der Waals surface area contributed by atoms with Gasteiger partial charge in [-0.2, -0.15) is 0 Å². The van der Waals surface area contributed by atoms with Crippen molar-refractivity contribution >= 4 is 21.8 Å². The molecule has 0 bridgehead atoms. The maximum absolute atomic E-state index is 12.7. The summed E-state index contributed by atoms with van der Waals surface area (Å²) in [5.41, 5.74) is 1.86. The molecule has 104 valence electrons. The Balaban J connectivity index is 2.23. The summed E-state index contributed by atoms with van der Waals surface area (Å²) in [6, 6.07) is 6.23. The maximum Gasteiger partial charge on any atom is 0.254 e. The summed E-state index contributed by atoms with van der Waals surface area (Å²) in [5, 5.41) is 3.20.